The van der Waals surface area contributed by atoms with Gasteiger partial charge >= 0.3 is 0 Å². The monoisotopic (exact) mass is 361 g/mol. The van der Waals surface area contributed by atoms with E-state index >= 15 is 0 Å². The molecule has 1 N–H and O–H groups in total. The SMILES string of the molecule is CC[C@@H](Oc1cccc2ccccc12)C(=O)NC(C)(C)Cc1ccccc1. The Morgan fingerprint density at radius 1 is 0.963 bits per heavy atom. The molecule has 27 heavy (non-hydrogen) atoms. The minimum absolute atomic E-state index is 0.0774. The summed E-state index contributed by atoms with van der Waals surface area (Å²) in [6, 6.07) is 24.2. The Balaban J connectivity index is 1.72. The number of benzene rings is 3. The van der Waals surface area contributed by atoms with Crippen molar-refractivity contribution < 1.29 is 9.53 Å². The van der Waals surface area contributed by atoms with E-state index in [1.807, 2.05) is 81.4 Å². The van der Waals surface area contributed by atoms with Crippen molar-refractivity contribution >= 4 is 16.7 Å². The highest BCUT2D eigenvalue weighted by Gasteiger charge is 2.26. The molecule has 3 aromatic rings. The van der Waals surface area contributed by atoms with E-state index in [1.54, 1.807) is 0 Å². The summed E-state index contributed by atoms with van der Waals surface area (Å²) in [5.74, 6) is 0.669. The molecule has 3 nitrogen and oxygen atoms in total. The van der Waals surface area contributed by atoms with Gasteiger partial charge in [0.05, 0.1) is 0 Å². The minimum atomic E-state index is -0.522. The molecule has 0 aromatic heterocycles. The molecule has 3 rings (SSSR count). The third kappa shape index (κ3) is 4.88. The molecule has 0 fully saturated rings. The van der Waals surface area contributed by atoms with E-state index in [9.17, 15) is 4.79 Å². The Morgan fingerprint density at radius 2 is 1.63 bits per heavy atom. The average molecular weight is 361 g/mol. The largest absolute Gasteiger partial charge is 0.480 e. The molecule has 0 bridgehead atoms. The molecular formula is C24H27NO2. The summed E-state index contributed by atoms with van der Waals surface area (Å²) in [5, 5.41) is 5.29. The van der Waals surface area contributed by atoms with Crippen LogP contribution >= 0.6 is 0 Å². The van der Waals surface area contributed by atoms with Gasteiger partial charge in [-0.15, -0.1) is 0 Å². The number of rotatable bonds is 7. The fraction of sp³-hybridized carbons (Fsp3) is 0.292. The van der Waals surface area contributed by atoms with Gasteiger partial charge in [0.1, 0.15) is 5.75 Å². The van der Waals surface area contributed by atoms with E-state index in [0.29, 0.717) is 6.42 Å². The molecule has 0 aliphatic heterocycles. The molecule has 1 amide bonds. The molecular weight excluding hydrogens is 334 g/mol. The number of carbonyl (C=O) groups excluding carboxylic acids is 1. The maximum absolute atomic E-state index is 12.9. The molecule has 0 spiro atoms. The maximum atomic E-state index is 12.9. The van der Waals surface area contributed by atoms with Crippen LogP contribution in [0.25, 0.3) is 10.8 Å². The van der Waals surface area contributed by atoms with Gasteiger partial charge in [0.15, 0.2) is 6.10 Å². The van der Waals surface area contributed by atoms with Crippen LogP contribution in [-0.2, 0) is 11.2 Å². The highest BCUT2D eigenvalue weighted by atomic mass is 16.5. The molecule has 0 unspecified atom stereocenters. The Morgan fingerprint density at radius 3 is 2.37 bits per heavy atom. The summed E-state index contributed by atoms with van der Waals surface area (Å²) < 4.78 is 6.12. The Labute approximate surface area is 161 Å². The zero-order chi connectivity index (χ0) is 19.3. The Hall–Kier alpha value is -2.81. The summed E-state index contributed by atoms with van der Waals surface area (Å²) in [6.07, 6.45) is 0.853. The normalized spacial score (nSPS) is 12.6. The predicted molar refractivity (Wildman–Crippen MR) is 111 cm³/mol. The zero-order valence-electron chi connectivity index (χ0n) is 16.2. The standard InChI is InChI=1S/C24H27NO2/c1-4-21(27-22-16-10-14-19-13-8-9-15-20(19)22)23(26)25-24(2,3)17-18-11-6-5-7-12-18/h5-16,21H,4,17H2,1-3H3,(H,25,26)/t21-/m1/s1. The second-order valence-electron chi connectivity index (χ2n) is 7.53. The fourth-order valence-corrected chi connectivity index (χ4v) is 3.34. The number of hydrogen-bond donors (Lipinski definition) is 1. The van der Waals surface area contributed by atoms with Crippen LogP contribution in [-0.4, -0.2) is 17.6 Å². The van der Waals surface area contributed by atoms with Gasteiger partial charge in [0.2, 0.25) is 0 Å². The Bertz CT molecular complexity index is 897. The number of carbonyl (C=O) groups is 1. The van der Waals surface area contributed by atoms with Gasteiger partial charge in [0.25, 0.3) is 5.91 Å². The van der Waals surface area contributed by atoms with Crippen molar-refractivity contribution in [3.63, 3.8) is 0 Å². The lowest BCUT2D eigenvalue weighted by Gasteiger charge is -2.29. The first-order chi connectivity index (χ1) is 13.0. The fourth-order valence-electron chi connectivity index (χ4n) is 3.34. The molecule has 0 aliphatic rings. The van der Waals surface area contributed by atoms with Crippen molar-refractivity contribution in [1.29, 1.82) is 0 Å². The first-order valence-electron chi connectivity index (χ1n) is 9.49. The van der Waals surface area contributed by atoms with E-state index in [0.717, 1.165) is 22.9 Å². The third-order valence-corrected chi connectivity index (χ3v) is 4.63. The van der Waals surface area contributed by atoms with Crippen molar-refractivity contribution in [3.05, 3.63) is 78.4 Å². The second kappa shape index (κ2) is 8.26. The van der Waals surface area contributed by atoms with Crippen LogP contribution in [0.4, 0.5) is 0 Å². The van der Waals surface area contributed by atoms with Crippen LogP contribution in [0.3, 0.4) is 0 Å². The van der Waals surface area contributed by atoms with E-state index in [4.69, 9.17) is 4.74 Å². The summed E-state index contributed by atoms with van der Waals surface area (Å²) in [6.45, 7) is 6.06. The smallest absolute Gasteiger partial charge is 0.261 e. The first-order valence-corrected chi connectivity index (χ1v) is 9.49. The van der Waals surface area contributed by atoms with Crippen LogP contribution < -0.4 is 10.1 Å². The van der Waals surface area contributed by atoms with Crippen molar-refractivity contribution in [2.75, 3.05) is 0 Å². The topological polar surface area (TPSA) is 38.3 Å². The van der Waals surface area contributed by atoms with Gasteiger partial charge in [-0.3, -0.25) is 4.79 Å². The van der Waals surface area contributed by atoms with E-state index < -0.39 is 6.10 Å². The highest BCUT2D eigenvalue weighted by molar-refractivity contribution is 5.89. The van der Waals surface area contributed by atoms with Gasteiger partial charge in [-0.25, -0.2) is 0 Å². The van der Waals surface area contributed by atoms with Crippen molar-refractivity contribution in [3.8, 4) is 5.75 Å². The molecule has 1 atom stereocenters. The third-order valence-electron chi connectivity index (χ3n) is 4.63. The summed E-state index contributed by atoms with van der Waals surface area (Å²) in [4.78, 5) is 12.9. The minimum Gasteiger partial charge on any atom is -0.480 e. The van der Waals surface area contributed by atoms with Crippen molar-refractivity contribution in [2.24, 2.45) is 0 Å². The van der Waals surface area contributed by atoms with Crippen LogP contribution in [0, 0.1) is 0 Å². The van der Waals surface area contributed by atoms with Crippen LogP contribution in [0.5, 0.6) is 5.75 Å². The van der Waals surface area contributed by atoms with Crippen LogP contribution in [0.1, 0.15) is 32.8 Å². The van der Waals surface area contributed by atoms with Gasteiger partial charge in [-0.05, 0) is 43.7 Å². The van der Waals surface area contributed by atoms with Gasteiger partial charge in [0, 0.05) is 10.9 Å². The van der Waals surface area contributed by atoms with E-state index in [-0.39, 0.29) is 11.4 Å². The lowest BCUT2D eigenvalue weighted by Crippen LogP contribution is -2.50. The van der Waals surface area contributed by atoms with E-state index in [2.05, 4.69) is 17.4 Å². The Kier molecular flexibility index (Phi) is 5.80. The number of fused-ring (bicyclic) bond motifs is 1. The van der Waals surface area contributed by atoms with Crippen LogP contribution in [0.2, 0.25) is 0 Å². The molecule has 0 saturated carbocycles. The van der Waals surface area contributed by atoms with E-state index in [1.165, 1.54) is 5.56 Å². The lowest BCUT2D eigenvalue weighted by atomic mass is 9.94. The van der Waals surface area contributed by atoms with Crippen LogP contribution in [0.15, 0.2) is 72.8 Å². The average Bonchev–Trinajstić information content (AvgIpc) is 2.66. The number of hydrogen-bond acceptors (Lipinski definition) is 2. The molecule has 140 valence electrons. The maximum Gasteiger partial charge on any atom is 0.261 e. The lowest BCUT2D eigenvalue weighted by molar-refractivity contribution is -0.129. The van der Waals surface area contributed by atoms with Gasteiger partial charge in [-0.2, -0.15) is 0 Å². The first kappa shape index (κ1) is 19.0. The second-order valence-corrected chi connectivity index (χ2v) is 7.53. The number of ether oxygens (including phenoxy) is 1. The molecule has 3 aromatic carbocycles. The number of amides is 1. The summed E-state index contributed by atoms with van der Waals surface area (Å²) in [5.41, 5.74) is 0.847. The molecule has 0 heterocycles. The highest BCUT2D eigenvalue weighted by Crippen LogP contribution is 2.26. The predicted octanol–water partition coefficient (Wildman–Crippen LogP) is 5.13. The quantitative estimate of drug-likeness (QED) is 0.633. The molecule has 0 radical (unpaired) electrons. The van der Waals surface area contributed by atoms with Crippen molar-refractivity contribution in [1.82, 2.24) is 5.32 Å². The zero-order valence-corrected chi connectivity index (χ0v) is 16.2. The number of nitrogens with one attached hydrogen (secondary N) is 1. The molecule has 3 heteroatoms. The summed E-state index contributed by atoms with van der Waals surface area (Å²) >= 11 is 0. The molecule has 0 saturated heterocycles. The van der Waals surface area contributed by atoms with Gasteiger partial charge < -0.3 is 10.1 Å². The summed E-state index contributed by atoms with van der Waals surface area (Å²) in [7, 11) is 0. The molecule has 0 aliphatic carbocycles. The van der Waals surface area contributed by atoms with Gasteiger partial charge in [-0.1, -0.05) is 73.7 Å². The van der Waals surface area contributed by atoms with Crippen molar-refractivity contribution in [2.45, 2.75) is 45.3 Å².